The summed E-state index contributed by atoms with van der Waals surface area (Å²) >= 11 is 1.60. The van der Waals surface area contributed by atoms with E-state index in [1.54, 1.807) is 12.4 Å². The second-order valence-corrected chi connectivity index (χ2v) is 18.5. The predicted octanol–water partition coefficient (Wildman–Crippen LogP) is 7.31. The SMILES string of the molecule is C[C@@H]1C[C@@H](N[C@H]2C[C@@H](N)C3(CCN(c4cnc(Sc5cccnc5C(F)(F)F)c(N)n4)CC3)C2)C2(CCN(c3cnc(Sc4cccnc4C(F)(F)F)c(N)n3)CC2)C1. The van der Waals surface area contributed by atoms with Crippen LogP contribution in [0.1, 0.15) is 69.7 Å². The van der Waals surface area contributed by atoms with Gasteiger partial charge in [-0.2, -0.15) is 26.3 Å². The molecule has 7 N–H and O–H groups in total. The van der Waals surface area contributed by atoms with Crippen LogP contribution in [-0.4, -0.2) is 74.2 Å². The lowest BCUT2D eigenvalue weighted by molar-refractivity contribution is -0.144. The third-order valence-electron chi connectivity index (χ3n) is 12.7. The minimum absolute atomic E-state index is 0.0215. The van der Waals surface area contributed by atoms with E-state index in [0.29, 0.717) is 36.7 Å². The Bertz CT molecular complexity index is 2140. The molecule has 4 atom stereocenters. The van der Waals surface area contributed by atoms with E-state index in [0.717, 1.165) is 100 Å². The fraction of sp³-hybridized carbons (Fsp3) is 0.538. The van der Waals surface area contributed by atoms with E-state index in [4.69, 9.17) is 17.2 Å². The number of nitrogens with zero attached hydrogens (tertiary/aromatic N) is 8. The molecule has 0 radical (unpaired) electrons. The van der Waals surface area contributed by atoms with Gasteiger partial charge in [0, 0.05) is 66.5 Å². The molecule has 4 aromatic heterocycles. The highest BCUT2D eigenvalue weighted by Crippen LogP contribution is 2.52. The van der Waals surface area contributed by atoms with Gasteiger partial charge >= 0.3 is 12.4 Å². The van der Waals surface area contributed by atoms with Crippen LogP contribution in [-0.2, 0) is 12.4 Å². The molecule has 6 heterocycles. The van der Waals surface area contributed by atoms with Crippen molar-refractivity contribution in [1.82, 2.24) is 35.2 Å². The van der Waals surface area contributed by atoms with Crippen molar-refractivity contribution in [3.05, 3.63) is 60.4 Å². The fourth-order valence-electron chi connectivity index (χ4n) is 9.81. The molecule has 12 nitrogen and oxygen atoms in total. The van der Waals surface area contributed by atoms with E-state index < -0.39 is 23.7 Å². The Morgan fingerprint density at radius 3 is 1.63 bits per heavy atom. The van der Waals surface area contributed by atoms with Gasteiger partial charge in [0.25, 0.3) is 0 Å². The van der Waals surface area contributed by atoms with Gasteiger partial charge < -0.3 is 32.3 Å². The van der Waals surface area contributed by atoms with Crippen molar-refractivity contribution >= 4 is 46.8 Å². The van der Waals surface area contributed by atoms with Gasteiger partial charge in [-0.1, -0.05) is 30.4 Å². The van der Waals surface area contributed by atoms with E-state index in [1.807, 2.05) is 0 Å². The lowest BCUT2D eigenvalue weighted by Gasteiger charge is -2.45. The number of nitrogen functional groups attached to an aromatic ring is 2. The molecule has 2 spiro atoms. The fourth-order valence-corrected chi connectivity index (χ4v) is 11.6. The second-order valence-electron chi connectivity index (χ2n) is 16.4. The van der Waals surface area contributed by atoms with Crippen LogP contribution >= 0.6 is 23.5 Å². The highest BCUT2D eigenvalue weighted by atomic mass is 32.2. The molecule has 2 aliphatic carbocycles. The summed E-state index contributed by atoms with van der Waals surface area (Å²) in [6, 6.07) is 6.25. The first kappa shape index (κ1) is 41.6. The van der Waals surface area contributed by atoms with Crippen molar-refractivity contribution in [2.45, 2.75) is 109 Å². The number of halogens is 6. The van der Waals surface area contributed by atoms with Gasteiger partial charge in [0.1, 0.15) is 21.7 Å². The zero-order chi connectivity index (χ0) is 41.7. The monoisotopic (exact) mass is 860 g/mol. The van der Waals surface area contributed by atoms with E-state index >= 15 is 0 Å². The van der Waals surface area contributed by atoms with Crippen molar-refractivity contribution < 1.29 is 26.3 Å². The van der Waals surface area contributed by atoms with Gasteiger partial charge in [-0.05, 0) is 92.4 Å². The minimum atomic E-state index is -4.61. The molecule has 4 fully saturated rings. The van der Waals surface area contributed by atoms with E-state index in [9.17, 15) is 26.3 Å². The molecule has 2 aliphatic heterocycles. The number of pyridine rings is 2. The number of rotatable bonds is 8. The predicted molar refractivity (Wildman–Crippen MR) is 214 cm³/mol. The maximum atomic E-state index is 13.5. The molecular weight excluding hydrogens is 815 g/mol. The van der Waals surface area contributed by atoms with Crippen molar-refractivity contribution in [1.29, 1.82) is 0 Å². The summed E-state index contributed by atoms with van der Waals surface area (Å²) < 4.78 is 81.1. The minimum Gasteiger partial charge on any atom is -0.381 e. The van der Waals surface area contributed by atoms with Crippen molar-refractivity contribution in [2.75, 3.05) is 47.4 Å². The number of nitrogens with one attached hydrogen (secondary N) is 1. The van der Waals surface area contributed by atoms with Crippen LogP contribution in [0.15, 0.2) is 68.9 Å². The molecule has 316 valence electrons. The smallest absolute Gasteiger partial charge is 0.381 e. The maximum Gasteiger partial charge on any atom is 0.434 e. The van der Waals surface area contributed by atoms with Gasteiger partial charge in [-0.15, -0.1) is 0 Å². The first-order valence-corrected chi connectivity index (χ1v) is 21.3. The normalized spacial score (nSPS) is 24.3. The molecular formula is C39H46F6N12S2. The lowest BCUT2D eigenvalue weighted by Crippen LogP contribution is -2.51. The molecule has 0 bridgehead atoms. The molecule has 59 heavy (non-hydrogen) atoms. The zero-order valence-electron chi connectivity index (χ0n) is 32.3. The third-order valence-corrected chi connectivity index (χ3v) is 14.8. The van der Waals surface area contributed by atoms with Crippen molar-refractivity contribution in [3.63, 3.8) is 0 Å². The quantitative estimate of drug-likeness (QED) is 0.130. The van der Waals surface area contributed by atoms with Gasteiger partial charge in [0.2, 0.25) is 0 Å². The van der Waals surface area contributed by atoms with E-state index in [-0.39, 0.29) is 54.4 Å². The van der Waals surface area contributed by atoms with Gasteiger partial charge in [-0.3, -0.25) is 9.97 Å². The highest BCUT2D eigenvalue weighted by molar-refractivity contribution is 7.99. The first-order chi connectivity index (χ1) is 28.0. The molecule has 0 aromatic carbocycles. The van der Waals surface area contributed by atoms with E-state index in [1.165, 1.54) is 24.3 Å². The number of piperidine rings is 2. The van der Waals surface area contributed by atoms with Crippen LogP contribution in [0, 0.1) is 16.7 Å². The maximum absolute atomic E-state index is 13.5. The Hall–Kier alpha value is -4.14. The molecule has 0 unspecified atom stereocenters. The Morgan fingerprint density at radius 1 is 0.695 bits per heavy atom. The summed E-state index contributed by atoms with van der Waals surface area (Å²) in [5.41, 5.74) is 17.6. The van der Waals surface area contributed by atoms with Crippen LogP contribution in [0.2, 0.25) is 0 Å². The molecule has 4 aliphatic rings. The number of aromatic nitrogens is 6. The highest BCUT2D eigenvalue weighted by Gasteiger charge is 2.52. The lowest BCUT2D eigenvalue weighted by atomic mass is 9.73. The summed E-state index contributed by atoms with van der Waals surface area (Å²) in [4.78, 5) is 29.1. The van der Waals surface area contributed by atoms with E-state index in [2.05, 4.69) is 51.9 Å². The number of anilines is 4. The Kier molecular flexibility index (Phi) is 11.3. The number of alkyl halides is 6. The topological polar surface area (TPSA) is 174 Å². The molecule has 0 amide bonds. The van der Waals surface area contributed by atoms with Crippen LogP contribution in [0.5, 0.6) is 0 Å². The summed E-state index contributed by atoms with van der Waals surface area (Å²) in [5.74, 6) is 1.91. The van der Waals surface area contributed by atoms with Crippen LogP contribution in [0.25, 0.3) is 0 Å². The first-order valence-electron chi connectivity index (χ1n) is 19.7. The van der Waals surface area contributed by atoms with Crippen molar-refractivity contribution in [3.8, 4) is 0 Å². The number of hydrogen-bond donors (Lipinski definition) is 4. The van der Waals surface area contributed by atoms with Crippen LogP contribution < -0.4 is 32.3 Å². The van der Waals surface area contributed by atoms with Gasteiger partial charge in [-0.25, -0.2) is 19.9 Å². The average molecular weight is 861 g/mol. The molecule has 8 rings (SSSR count). The zero-order valence-corrected chi connectivity index (χ0v) is 33.9. The summed E-state index contributed by atoms with van der Waals surface area (Å²) in [6.45, 7) is 5.28. The molecule has 2 saturated carbocycles. The summed E-state index contributed by atoms with van der Waals surface area (Å²) in [5, 5.41) is 4.49. The Balaban J connectivity index is 0.862. The molecule has 4 aromatic rings. The third kappa shape index (κ3) is 8.59. The molecule has 2 saturated heterocycles. The molecule has 20 heteroatoms. The summed E-state index contributed by atoms with van der Waals surface area (Å²) in [6.07, 6.45) is 3.93. The van der Waals surface area contributed by atoms with Crippen molar-refractivity contribution in [2.24, 2.45) is 22.5 Å². The Morgan fingerprint density at radius 2 is 1.17 bits per heavy atom. The number of nitrogens with two attached hydrogens (primary N) is 3. The standard InChI is InChI=1S/C39H46F6N12S2/c1-22-16-27(37(18-22)8-14-57(15-9-37)29-21-52-35(33(48)55-29)59-25-5-3-11-50-31(25)39(43,44)45)53-23-17-26(46)36(19-23)6-12-56(13-7-36)28-20-51-34(32(47)54-28)58-24-4-2-10-49-30(24)38(40,41)42/h2-5,10-11,20-23,26-27,53H,6-9,12-19,46H2,1H3,(H2,47,54)(H2,48,55)/t22-,23+,26-,27-/m1/s1. The van der Waals surface area contributed by atoms with Crippen LogP contribution in [0.4, 0.5) is 49.6 Å². The Labute approximate surface area is 346 Å². The second kappa shape index (κ2) is 16.0. The summed E-state index contributed by atoms with van der Waals surface area (Å²) in [7, 11) is 0. The number of hydrogen-bond acceptors (Lipinski definition) is 14. The average Bonchev–Trinajstić information content (AvgIpc) is 3.65. The van der Waals surface area contributed by atoms with Gasteiger partial charge in [0.05, 0.1) is 12.4 Å². The largest absolute Gasteiger partial charge is 0.434 e. The van der Waals surface area contributed by atoms with Gasteiger partial charge in [0.15, 0.2) is 23.0 Å². The van der Waals surface area contributed by atoms with Crippen LogP contribution in [0.3, 0.4) is 0 Å².